The Morgan fingerprint density at radius 1 is 0.569 bits per heavy atom. The van der Waals surface area contributed by atoms with Crippen LogP contribution in [0.25, 0.3) is 111 Å². The molecule has 0 saturated heterocycles. The summed E-state index contributed by atoms with van der Waals surface area (Å²) >= 11 is 0. The van der Waals surface area contributed by atoms with Gasteiger partial charge >= 0.3 is 0 Å². The summed E-state index contributed by atoms with van der Waals surface area (Å²) in [6.07, 6.45) is 6.35. The van der Waals surface area contributed by atoms with E-state index in [9.17, 15) is 0 Å². The van der Waals surface area contributed by atoms with E-state index >= 15 is 0 Å². The lowest BCUT2D eigenvalue weighted by Crippen LogP contribution is -2.02. The Hall–Kier alpha value is -6.78. The van der Waals surface area contributed by atoms with E-state index in [0.717, 1.165) is 39.0 Å². The van der Waals surface area contributed by atoms with E-state index < -0.39 is 0 Å². The average Bonchev–Trinajstić information content (AvgIpc) is 3.81. The highest BCUT2D eigenvalue weighted by Crippen LogP contribution is 2.48. The monoisotopic (exact) mass is 650 g/mol. The minimum Gasteiger partial charge on any atom is -0.308 e. The number of hydrogen-bond donors (Lipinski definition) is 0. The molecule has 4 aromatic heterocycles. The van der Waals surface area contributed by atoms with Gasteiger partial charge in [0.1, 0.15) is 5.82 Å². The molecule has 0 atom stereocenters. The van der Waals surface area contributed by atoms with Crippen LogP contribution in [0.4, 0.5) is 0 Å². The fraction of sp³-hybridized carbons (Fsp3) is 0.0213. The number of fused-ring (bicyclic) bond motifs is 11. The van der Waals surface area contributed by atoms with E-state index in [4.69, 9.17) is 9.97 Å². The molecule has 0 spiro atoms. The highest BCUT2D eigenvalue weighted by Gasteiger charge is 2.27. The molecule has 4 heterocycles. The van der Waals surface area contributed by atoms with Gasteiger partial charge in [-0.25, -0.2) is 9.97 Å². The largest absolute Gasteiger partial charge is 0.308 e. The van der Waals surface area contributed by atoms with Gasteiger partial charge in [-0.2, -0.15) is 0 Å². The van der Waals surface area contributed by atoms with E-state index in [0.29, 0.717) is 5.82 Å². The highest BCUT2D eigenvalue weighted by molar-refractivity contribution is 6.36. The van der Waals surface area contributed by atoms with Gasteiger partial charge in [0, 0.05) is 43.4 Å². The second kappa shape index (κ2) is 10.4. The normalized spacial score (nSPS) is 12.4. The van der Waals surface area contributed by atoms with Gasteiger partial charge in [0.2, 0.25) is 0 Å². The SMILES string of the molecule is C=Cc1c(/C=C\C)c2cc3c(c4c5ccccc5ccc4n3-c3nc(-c4ccc5ccccc5c4)nc4ccccc34)c3c4ccccc4n1c23. The molecule has 0 aliphatic heterocycles. The van der Waals surface area contributed by atoms with Crippen LogP contribution >= 0.6 is 0 Å². The molecule has 0 radical (unpaired) electrons. The lowest BCUT2D eigenvalue weighted by Gasteiger charge is -2.13. The van der Waals surface area contributed by atoms with E-state index in [1.54, 1.807) is 0 Å². The smallest absolute Gasteiger partial charge is 0.162 e. The molecule has 0 amide bonds. The first-order valence-electron chi connectivity index (χ1n) is 17.4. The van der Waals surface area contributed by atoms with Gasteiger partial charge in [-0.15, -0.1) is 0 Å². The van der Waals surface area contributed by atoms with Gasteiger partial charge in [-0.05, 0) is 70.9 Å². The Morgan fingerprint density at radius 2 is 1.29 bits per heavy atom. The number of benzene rings is 7. The summed E-state index contributed by atoms with van der Waals surface area (Å²) in [7, 11) is 0. The summed E-state index contributed by atoms with van der Waals surface area (Å²) in [5.41, 5.74) is 8.82. The average molecular weight is 651 g/mol. The lowest BCUT2D eigenvalue weighted by molar-refractivity contribution is 1.08. The van der Waals surface area contributed by atoms with Crippen LogP contribution in [-0.2, 0) is 0 Å². The number of rotatable bonds is 4. The van der Waals surface area contributed by atoms with Crippen molar-refractivity contribution in [1.82, 2.24) is 18.9 Å². The van der Waals surface area contributed by atoms with Crippen molar-refractivity contribution in [2.45, 2.75) is 6.92 Å². The summed E-state index contributed by atoms with van der Waals surface area (Å²) in [5.74, 6) is 1.57. The Bertz CT molecular complexity index is 3280. The Kier molecular flexibility index (Phi) is 5.71. The number of para-hydroxylation sites is 2. The Balaban J connectivity index is 1.38. The number of aromatic nitrogens is 4. The van der Waals surface area contributed by atoms with Crippen LogP contribution in [0.2, 0.25) is 0 Å². The van der Waals surface area contributed by atoms with Crippen molar-refractivity contribution in [2.75, 3.05) is 0 Å². The second-order valence-corrected chi connectivity index (χ2v) is 13.4. The van der Waals surface area contributed by atoms with E-state index in [1.165, 1.54) is 65.1 Å². The molecular formula is C47H30N4. The molecular weight excluding hydrogens is 621 g/mol. The first-order chi connectivity index (χ1) is 25.2. The maximum Gasteiger partial charge on any atom is 0.162 e. The van der Waals surface area contributed by atoms with E-state index in [-0.39, 0.29) is 0 Å². The van der Waals surface area contributed by atoms with Crippen molar-refractivity contribution in [3.63, 3.8) is 0 Å². The molecule has 0 N–H and O–H groups in total. The summed E-state index contributed by atoms with van der Waals surface area (Å²) in [5, 5.41) is 11.9. The maximum absolute atomic E-state index is 5.49. The van der Waals surface area contributed by atoms with Crippen molar-refractivity contribution >= 4 is 93.6 Å². The van der Waals surface area contributed by atoms with Crippen molar-refractivity contribution < 1.29 is 0 Å². The molecule has 0 unspecified atom stereocenters. The molecule has 0 fully saturated rings. The third-order valence-corrected chi connectivity index (χ3v) is 10.7. The van der Waals surface area contributed by atoms with Crippen LogP contribution in [0.15, 0.2) is 146 Å². The number of hydrogen-bond acceptors (Lipinski definition) is 2. The number of allylic oxidation sites excluding steroid dienone is 1. The van der Waals surface area contributed by atoms with Gasteiger partial charge in [0.25, 0.3) is 0 Å². The first-order valence-corrected chi connectivity index (χ1v) is 17.4. The zero-order valence-corrected chi connectivity index (χ0v) is 27.9. The summed E-state index contributed by atoms with van der Waals surface area (Å²) in [4.78, 5) is 10.6. The van der Waals surface area contributed by atoms with Gasteiger partial charge in [0.15, 0.2) is 5.82 Å². The third kappa shape index (κ3) is 3.73. The Labute approximate surface area is 293 Å². The van der Waals surface area contributed by atoms with Crippen LogP contribution < -0.4 is 0 Å². The molecule has 4 heteroatoms. The molecule has 11 aromatic rings. The van der Waals surface area contributed by atoms with Gasteiger partial charge < -0.3 is 4.40 Å². The summed E-state index contributed by atoms with van der Waals surface area (Å²) in [6, 6.07) is 47.8. The molecule has 4 nitrogen and oxygen atoms in total. The molecule has 0 aliphatic rings. The zero-order valence-electron chi connectivity index (χ0n) is 27.9. The minimum absolute atomic E-state index is 0.705. The van der Waals surface area contributed by atoms with Gasteiger partial charge in [0.05, 0.1) is 33.3 Å². The van der Waals surface area contributed by atoms with Gasteiger partial charge in [-0.3, -0.25) is 4.57 Å². The lowest BCUT2D eigenvalue weighted by atomic mass is 9.98. The topological polar surface area (TPSA) is 35.1 Å². The van der Waals surface area contributed by atoms with Crippen LogP contribution in [0.3, 0.4) is 0 Å². The van der Waals surface area contributed by atoms with E-state index in [1.807, 2.05) is 6.08 Å². The molecule has 0 saturated carbocycles. The van der Waals surface area contributed by atoms with E-state index in [2.05, 4.69) is 168 Å². The first kappa shape index (κ1) is 28.1. The quantitative estimate of drug-likeness (QED) is 0.190. The van der Waals surface area contributed by atoms with Crippen LogP contribution in [-0.4, -0.2) is 18.9 Å². The van der Waals surface area contributed by atoms with Crippen LogP contribution in [0.5, 0.6) is 0 Å². The minimum atomic E-state index is 0.705. The zero-order chi connectivity index (χ0) is 33.8. The summed E-state index contributed by atoms with van der Waals surface area (Å²) < 4.78 is 4.81. The fourth-order valence-electron chi connectivity index (χ4n) is 8.59. The van der Waals surface area contributed by atoms with Crippen LogP contribution in [0.1, 0.15) is 18.2 Å². The predicted octanol–water partition coefficient (Wildman–Crippen LogP) is 12.4. The molecule has 0 bridgehead atoms. The standard InChI is InChI=1S/C47H30N4/c1-3-13-33-36-27-41-44(43-35-19-10-12-21-39(35)50(45(36)43)38(33)4-2)42-32-17-8-7-15-29(32)24-25-40(42)51(41)47-34-18-9-11-20-37(34)48-46(49-47)31-23-22-28-14-5-6-16-30(28)26-31/h3-27H,2H2,1H3/b13-3-. The van der Waals surface area contributed by atoms with Gasteiger partial charge in [-0.1, -0.05) is 116 Å². The van der Waals surface area contributed by atoms with Crippen molar-refractivity contribution in [3.8, 4) is 17.2 Å². The molecule has 51 heavy (non-hydrogen) atoms. The molecule has 11 rings (SSSR count). The molecule has 238 valence electrons. The van der Waals surface area contributed by atoms with Crippen LogP contribution in [0, 0.1) is 0 Å². The molecule has 0 aliphatic carbocycles. The summed E-state index contributed by atoms with van der Waals surface area (Å²) in [6.45, 7) is 6.38. The maximum atomic E-state index is 5.49. The molecule has 7 aromatic carbocycles. The predicted molar refractivity (Wildman–Crippen MR) is 216 cm³/mol. The highest BCUT2D eigenvalue weighted by atomic mass is 15.1. The number of nitrogens with zero attached hydrogens (tertiary/aromatic N) is 4. The van der Waals surface area contributed by atoms with Crippen molar-refractivity contribution in [1.29, 1.82) is 0 Å². The second-order valence-electron chi connectivity index (χ2n) is 13.4. The van der Waals surface area contributed by atoms with Crippen molar-refractivity contribution in [2.24, 2.45) is 0 Å². The Morgan fingerprint density at radius 3 is 2.14 bits per heavy atom. The third-order valence-electron chi connectivity index (χ3n) is 10.7. The van der Waals surface area contributed by atoms with Crippen molar-refractivity contribution in [3.05, 3.63) is 157 Å². The fourth-order valence-corrected chi connectivity index (χ4v) is 8.59.